The van der Waals surface area contributed by atoms with E-state index < -0.39 is 15.6 Å². The second kappa shape index (κ2) is 7.14. The molecule has 2 heterocycles. The number of nitrogens with zero attached hydrogens (tertiary/aromatic N) is 2. The molecule has 2 saturated heterocycles. The number of hydrazone groups is 1. The standard InChI is InChI=1S/C19H27N3O4S/c1-13-5-9-17(10-6-13)27(24,25)21-20-14-11-15-7-8-16(12-14)22(15)18(23)26-19(2,3)4/h5-6,9-10,15-16,21H,7-8,11-12H2,1-4H3. The number of hydrogen-bond donors (Lipinski definition) is 1. The third-order valence-corrected chi connectivity index (χ3v) is 6.05. The maximum atomic E-state index is 12.5. The smallest absolute Gasteiger partial charge is 0.410 e. The van der Waals surface area contributed by atoms with Gasteiger partial charge in [0, 0.05) is 30.6 Å². The molecule has 1 aromatic rings. The molecule has 2 bridgehead atoms. The van der Waals surface area contributed by atoms with Crippen LogP contribution in [0.4, 0.5) is 4.79 Å². The number of aryl methyl sites for hydroxylation is 1. The van der Waals surface area contributed by atoms with Gasteiger partial charge in [-0.3, -0.25) is 0 Å². The Bertz CT molecular complexity index is 825. The van der Waals surface area contributed by atoms with Gasteiger partial charge >= 0.3 is 6.09 Å². The van der Waals surface area contributed by atoms with Gasteiger partial charge in [-0.1, -0.05) is 17.7 Å². The van der Waals surface area contributed by atoms with Crippen molar-refractivity contribution in [1.82, 2.24) is 9.73 Å². The predicted molar refractivity (Wildman–Crippen MR) is 103 cm³/mol. The minimum Gasteiger partial charge on any atom is -0.444 e. The number of rotatable bonds is 3. The summed E-state index contributed by atoms with van der Waals surface area (Å²) in [6.07, 6.45) is 2.59. The number of carbonyl (C=O) groups excluding carboxylic acids is 1. The molecule has 1 aromatic carbocycles. The van der Waals surface area contributed by atoms with Crippen LogP contribution in [-0.4, -0.2) is 42.8 Å². The van der Waals surface area contributed by atoms with Crippen LogP contribution in [0.1, 0.15) is 52.0 Å². The number of fused-ring (bicyclic) bond motifs is 2. The molecule has 2 unspecified atom stereocenters. The van der Waals surface area contributed by atoms with Gasteiger partial charge in [-0.25, -0.2) is 9.63 Å². The van der Waals surface area contributed by atoms with Gasteiger partial charge in [0.15, 0.2) is 0 Å². The van der Waals surface area contributed by atoms with Crippen LogP contribution in [0.25, 0.3) is 0 Å². The summed E-state index contributed by atoms with van der Waals surface area (Å²) < 4.78 is 30.3. The maximum absolute atomic E-state index is 12.5. The molecule has 7 nitrogen and oxygen atoms in total. The lowest BCUT2D eigenvalue weighted by Crippen LogP contribution is -2.49. The molecule has 8 heteroatoms. The van der Waals surface area contributed by atoms with Gasteiger partial charge in [-0.2, -0.15) is 13.5 Å². The van der Waals surface area contributed by atoms with E-state index in [1.807, 2.05) is 27.7 Å². The molecule has 0 saturated carbocycles. The van der Waals surface area contributed by atoms with Gasteiger partial charge < -0.3 is 9.64 Å². The molecule has 0 radical (unpaired) electrons. The molecular weight excluding hydrogens is 366 g/mol. The van der Waals surface area contributed by atoms with E-state index in [1.165, 1.54) is 0 Å². The van der Waals surface area contributed by atoms with E-state index in [9.17, 15) is 13.2 Å². The molecule has 1 N–H and O–H groups in total. The van der Waals surface area contributed by atoms with E-state index >= 15 is 0 Å². The number of nitrogens with one attached hydrogen (secondary N) is 1. The lowest BCUT2D eigenvalue weighted by Gasteiger charge is -2.36. The van der Waals surface area contributed by atoms with Crippen molar-refractivity contribution in [1.29, 1.82) is 0 Å². The molecule has 0 aromatic heterocycles. The van der Waals surface area contributed by atoms with Crippen LogP contribution in [-0.2, 0) is 14.8 Å². The van der Waals surface area contributed by atoms with Crippen molar-refractivity contribution in [2.75, 3.05) is 0 Å². The average molecular weight is 394 g/mol. The number of amides is 1. The molecule has 0 aliphatic carbocycles. The molecule has 2 atom stereocenters. The van der Waals surface area contributed by atoms with E-state index in [-0.39, 0.29) is 23.1 Å². The SMILES string of the molecule is Cc1ccc(S(=O)(=O)NN=C2CC3CCC(C2)N3C(=O)OC(C)(C)C)cc1. The molecular formula is C19H27N3O4S. The highest BCUT2D eigenvalue weighted by Gasteiger charge is 2.43. The third-order valence-electron chi connectivity index (χ3n) is 4.82. The number of carbonyl (C=O) groups is 1. The molecule has 1 amide bonds. The first kappa shape index (κ1) is 19.7. The van der Waals surface area contributed by atoms with Crippen LogP contribution in [0.5, 0.6) is 0 Å². The van der Waals surface area contributed by atoms with Gasteiger partial charge in [-0.15, -0.1) is 0 Å². The van der Waals surface area contributed by atoms with Crippen LogP contribution < -0.4 is 4.83 Å². The third kappa shape index (κ3) is 4.61. The Morgan fingerprint density at radius 1 is 1.15 bits per heavy atom. The first-order valence-electron chi connectivity index (χ1n) is 9.20. The second-order valence-electron chi connectivity index (χ2n) is 8.27. The van der Waals surface area contributed by atoms with Crippen molar-refractivity contribution in [2.45, 2.75) is 76.0 Å². The zero-order valence-corrected chi connectivity index (χ0v) is 17.0. The van der Waals surface area contributed by atoms with Crippen molar-refractivity contribution < 1.29 is 17.9 Å². The maximum Gasteiger partial charge on any atom is 0.410 e. The fourth-order valence-corrected chi connectivity index (χ4v) is 4.44. The highest BCUT2D eigenvalue weighted by molar-refractivity contribution is 7.89. The number of benzene rings is 1. The van der Waals surface area contributed by atoms with Gasteiger partial charge in [0.25, 0.3) is 10.0 Å². The highest BCUT2D eigenvalue weighted by Crippen LogP contribution is 2.35. The van der Waals surface area contributed by atoms with E-state index in [1.54, 1.807) is 29.2 Å². The van der Waals surface area contributed by atoms with Gasteiger partial charge in [0.2, 0.25) is 0 Å². The van der Waals surface area contributed by atoms with Crippen molar-refractivity contribution in [2.24, 2.45) is 5.10 Å². The van der Waals surface area contributed by atoms with Gasteiger partial charge in [0.1, 0.15) is 5.60 Å². The summed E-state index contributed by atoms with van der Waals surface area (Å²) >= 11 is 0. The minimum atomic E-state index is -3.69. The van der Waals surface area contributed by atoms with Gasteiger partial charge in [-0.05, 0) is 52.7 Å². The second-order valence-corrected chi connectivity index (χ2v) is 9.93. The van der Waals surface area contributed by atoms with Crippen molar-refractivity contribution in [3.05, 3.63) is 29.8 Å². The fraction of sp³-hybridized carbons (Fsp3) is 0.579. The Morgan fingerprint density at radius 3 is 2.22 bits per heavy atom. The summed E-state index contributed by atoms with van der Waals surface area (Å²) in [5.41, 5.74) is 1.23. The van der Waals surface area contributed by atoms with E-state index in [4.69, 9.17) is 4.74 Å². The lowest BCUT2D eigenvalue weighted by molar-refractivity contribution is 0.0138. The Labute approximate surface area is 160 Å². The number of ether oxygens (including phenoxy) is 1. The Kier molecular flexibility index (Phi) is 5.20. The Morgan fingerprint density at radius 2 is 1.70 bits per heavy atom. The minimum absolute atomic E-state index is 0.0150. The van der Waals surface area contributed by atoms with E-state index in [0.717, 1.165) is 24.1 Å². The topological polar surface area (TPSA) is 88.1 Å². The average Bonchev–Trinajstić information content (AvgIpc) is 2.83. The number of sulfonamides is 1. The van der Waals surface area contributed by atoms with Crippen molar-refractivity contribution in [3.63, 3.8) is 0 Å². The predicted octanol–water partition coefficient (Wildman–Crippen LogP) is 3.19. The number of piperidine rings is 1. The van der Waals surface area contributed by atoms with Crippen LogP contribution >= 0.6 is 0 Å². The Hall–Kier alpha value is -2.09. The molecule has 2 fully saturated rings. The zero-order chi connectivity index (χ0) is 19.8. The zero-order valence-electron chi connectivity index (χ0n) is 16.2. The number of hydrogen-bond acceptors (Lipinski definition) is 5. The summed E-state index contributed by atoms with van der Waals surface area (Å²) in [4.78, 5) is 16.8. The molecule has 2 aliphatic rings. The summed E-state index contributed by atoms with van der Waals surface area (Å²) in [5.74, 6) is 0. The highest BCUT2D eigenvalue weighted by atomic mass is 32.2. The molecule has 0 spiro atoms. The summed E-state index contributed by atoms with van der Waals surface area (Å²) in [7, 11) is -3.69. The van der Waals surface area contributed by atoms with Crippen LogP contribution in [0.2, 0.25) is 0 Å². The van der Waals surface area contributed by atoms with Crippen molar-refractivity contribution in [3.8, 4) is 0 Å². The fourth-order valence-electron chi connectivity index (χ4n) is 3.59. The lowest BCUT2D eigenvalue weighted by atomic mass is 10.0. The monoisotopic (exact) mass is 393 g/mol. The van der Waals surface area contributed by atoms with Crippen LogP contribution in [0.3, 0.4) is 0 Å². The van der Waals surface area contributed by atoms with Crippen molar-refractivity contribution >= 4 is 21.8 Å². The van der Waals surface area contributed by atoms with Crippen LogP contribution in [0, 0.1) is 6.92 Å². The summed E-state index contributed by atoms with van der Waals surface area (Å²) in [6.45, 7) is 7.45. The first-order valence-corrected chi connectivity index (χ1v) is 10.7. The molecule has 27 heavy (non-hydrogen) atoms. The van der Waals surface area contributed by atoms with E-state index in [2.05, 4.69) is 9.93 Å². The molecule has 3 rings (SSSR count). The quantitative estimate of drug-likeness (QED) is 0.799. The largest absolute Gasteiger partial charge is 0.444 e. The Balaban J connectivity index is 1.67. The normalized spacial score (nSPS) is 22.5. The molecule has 2 aliphatic heterocycles. The summed E-state index contributed by atoms with van der Waals surface area (Å²) in [6, 6.07) is 6.66. The molecule has 148 valence electrons. The van der Waals surface area contributed by atoms with E-state index in [0.29, 0.717) is 12.8 Å². The summed E-state index contributed by atoms with van der Waals surface area (Å²) in [5, 5.41) is 4.16. The van der Waals surface area contributed by atoms with Gasteiger partial charge in [0.05, 0.1) is 4.90 Å². The first-order chi connectivity index (χ1) is 12.5. The van der Waals surface area contributed by atoms with Crippen LogP contribution in [0.15, 0.2) is 34.3 Å².